The van der Waals surface area contributed by atoms with Crippen molar-refractivity contribution >= 4 is 33.1 Å². The number of rotatable bonds is 10. The van der Waals surface area contributed by atoms with Crippen molar-refractivity contribution < 1.29 is 22.7 Å². The van der Waals surface area contributed by atoms with Gasteiger partial charge in [0.25, 0.3) is 10.0 Å². The van der Waals surface area contributed by atoms with E-state index in [1.165, 1.54) is 12.1 Å². The van der Waals surface area contributed by atoms with Crippen LogP contribution >= 0.6 is 0 Å². The van der Waals surface area contributed by atoms with E-state index in [1.54, 1.807) is 78.9 Å². The second-order valence-electron chi connectivity index (χ2n) is 10.5. The number of nitrogens with zero attached hydrogens (tertiary/aromatic N) is 1. The van der Waals surface area contributed by atoms with Gasteiger partial charge in [-0.2, -0.15) is 0 Å². The Bertz CT molecular complexity index is 1610. The Kier molecular flexibility index (Phi) is 8.93. The molecule has 0 unspecified atom stereocenters. The predicted octanol–water partition coefficient (Wildman–Crippen LogP) is 6.45. The minimum absolute atomic E-state index is 0.0280. The molecule has 8 heteroatoms. The summed E-state index contributed by atoms with van der Waals surface area (Å²) in [5.41, 5.74) is 2.78. The maximum absolute atomic E-state index is 13.6. The summed E-state index contributed by atoms with van der Waals surface area (Å²) in [7, 11) is -4.08. The zero-order chi connectivity index (χ0) is 29.6. The molecule has 7 nitrogen and oxygen atoms in total. The lowest BCUT2D eigenvalue weighted by molar-refractivity contribution is -0.114. The molecule has 4 aromatic rings. The molecule has 4 rings (SSSR count). The molecule has 0 spiro atoms. The van der Waals surface area contributed by atoms with E-state index < -0.39 is 22.5 Å². The summed E-state index contributed by atoms with van der Waals surface area (Å²) >= 11 is 0. The fourth-order valence-electron chi connectivity index (χ4n) is 4.27. The summed E-state index contributed by atoms with van der Waals surface area (Å²) in [6.07, 6.45) is 0. The lowest BCUT2D eigenvalue weighted by Crippen LogP contribution is -2.38. The van der Waals surface area contributed by atoms with Gasteiger partial charge in [-0.1, -0.05) is 75.4 Å². The maximum Gasteiger partial charge on any atom is 0.264 e. The first-order chi connectivity index (χ1) is 19.5. The molecule has 0 radical (unpaired) electrons. The Morgan fingerprint density at radius 2 is 1.46 bits per heavy atom. The number of hydrogen-bond acceptors (Lipinski definition) is 5. The Morgan fingerprint density at radius 1 is 0.805 bits per heavy atom. The van der Waals surface area contributed by atoms with E-state index in [-0.39, 0.29) is 16.1 Å². The van der Waals surface area contributed by atoms with Crippen molar-refractivity contribution in [3.63, 3.8) is 0 Å². The van der Waals surface area contributed by atoms with Gasteiger partial charge in [0, 0.05) is 16.8 Å². The smallest absolute Gasteiger partial charge is 0.264 e. The molecule has 0 aliphatic heterocycles. The lowest BCUT2D eigenvalue weighted by atomic mass is 9.86. The second-order valence-corrected chi connectivity index (χ2v) is 12.4. The molecule has 0 heterocycles. The summed E-state index contributed by atoms with van der Waals surface area (Å²) in [4.78, 5) is 26.4. The van der Waals surface area contributed by atoms with E-state index in [0.717, 1.165) is 9.87 Å². The molecule has 0 aromatic heterocycles. The predicted molar refractivity (Wildman–Crippen MR) is 162 cm³/mol. The Labute approximate surface area is 241 Å². The molecule has 0 aliphatic carbocycles. The number of sulfonamides is 1. The number of amides is 1. The van der Waals surface area contributed by atoms with Crippen LogP contribution in [0.25, 0.3) is 0 Å². The molecule has 0 fully saturated rings. The number of carbonyl (C=O) groups excluding carboxylic acids is 2. The average molecular weight is 571 g/mol. The number of para-hydroxylation sites is 1. The van der Waals surface area contributed by atoms with E-state index in [0.29, 0.717) is 34.9 Å². The van der Waals surface area contributed by atoms with Crippen LogP contribution in [0.15, 0.2) is 108 Å². The Morgan fingerprint density at radius 3 is 2.07 bits per heavy atom. The largest absolute Gasteiger partial charge is 0.494 e. The molecule has 1 N–H and O–H groups in total. The van der Waals surface area contributed by atoms with Gasteiger partial charge in [0.05, 0.1) is 17.2 Å². The topological polar surface area (TPSA) is 92.8 Å². The van der Waals surface area contributed by atoms with Crippen LogP contribution in [0.2, 0.25) is 0 Å². The van der Waals surface area contributed by atoms with Crippen LogP contribution in [0.5, 0.6) is 5.75 Å². The van der Waals surface area contributed by atoms with Crippen LogP contribution in [0.1, 0.15) is 49.2 Å². The quantitative estimate of drug-likeness (QED) is 0.221. The summed E-state index contributed by atoms with van der Waals surface area (Å²) in [5.74, 6) is -0.178. The Balaban J connectivity index is 1.54. The van der Waals surface area contributed by atoms with Crippen LogP contribution < -0.4 is 14.4 Å². The highest BCUT2D eigenvalue weighted by Crippen LogP contribution is 2.26. The molecular formula is C33H34N2O5S. The fraction of sp³-hybridized carbons (Fsp3) is 0.212. The number of ketones is 1. The van der Waals surface area contributed by atoms with Gasteiger partial charge >= 0.3 is 0 Å². The minimum atomic E-state index is -4.08. The summed E-state index contributed by atoms with van der Waals surface area (Å²) in [5, 5.41) is 2.75. The van der Waals surface area contributed by atoms with Gasteiger partial charge in [-0.15, -0.1) is 0 Å². The molecule has 212 valence electrons. The molecule has 0 bridgehead atoms. The van der Waals surface area contributed by atoms with Crippen molar-refractivity contribution in [2.24, 2.45) is 0 Å². The van der Waals surface area contributed by atoms with Gasteiger partial charge in [-0.05, 0) is 66.4 Å². The lowest BCUT2D eigenvalue weighted by Gasteiger charge is -2.24. The summed E-state index contributed by atoms with van der Waals surface area (Å²) < 4.78 is 33.8. The van der Waals surface area contributed by atoms with Crippen molar-refractivity contribution in [3.8, 4) is 5.75 Å². The van der Waals surface area contributed by atoms with Crippen LogP contribution in [-0.4, -0.2) is 33.3 Å². The molecule has 0 aliphatic rings. The van der Waals surface area contributed by atoms with Gasteiger partial charge in [0.15, 0.2) is 5.78 Å². The average Bonchev–Trinajstić information content (AvgIpc) is 2.96. The third-order valence-electron chi connectivity index (χ3n) is 6.48. The number of benzene rings is 4. The standard InChI is InChI=1S/C33H34N2O5S/c1-5-40-29-18-20-30(21-19-29)41(38,39)35(28-12-7-6-8-13-28)23-31(36)34-27-11-9-10-25(22-27)32(37)24-14-16-26(17-15-24)33(2,3)4/h6-22H,5,23H2,1-4H3,(H,34,36). The van der Waals surface area contributed by atoms with E-state index in [9.17, 15) is 18.0 Å². The number of hydrogen-bond donors (Lipinski definition) is 1. The first kappa shape index (κ1) is 29.6. The van der Waals surface area contributed by atoms with Gasteiger partial charge in [0.1, 0.15) is 12.3 Å². The highest BCUT2D eigenvalue weighted by Gasteiger charge is 2.27. The number of ether oxygens (including phenoxy) is 1. The zero-order valence-electron chi connectivity index (χ0n) is 23.6. The normalized spacial score (nSPS) is 11.5. The van der Waals surface area contributed by atoms with Gasteiger partial charge in [-0.25, -0.2) is 8.42 Å². The summed E-state index contributed by atoms with van der Waals surface area (Å²) in [6.45, 7) is 8.16. The maximum atomic E-state index is 13.6. The third kappa shape index (κ3) is 7.21. The first-order valence-corrected chi connectivity index (χ1v) is 14.8. The minimum Gasteiger partial charge on any atom is -0.494 e. The van der Waals surface area contributed by atoms with Crippen LogP contribution in [0.3, 0.4) is 0 Å². The number of nitrogens with one attached hydrogen (secondary N) is 1. The fourth-order valence-corrected chi connectivity index (χ4v) is 5.69. The van der Waals surface area contributed by atoms with Crippen molar-refractivity contribution in [3.05, 3.63) is 120 Å². The van der Waals surface area contributed by atoms with Crippen LogP contribution in [0, 0.1) is 0 Å². The van der Waals surface area contributed by atoms with Crippen molar-refractivity contribution in [2.45, 2.75) is 38.0 Å². The molecular weight excluding hydrogens is 536 g/mol. The Hall–Kier alpha value is -4.43. The van der Waals surface area contributed by atoms with Gasteiger partial charge in [-0.3, -0.25) is 13.9 Å². The van der Waals surface area contributed by atoms with Crippen molar-refractivity contribution in [1.82, 2.24) is 0 Å². The monoisotopic (exact) mass is 570 g/mol. The highest BCUT2D eigenvalue weighted by atomic mass is 32.2. The number of carbonyl (C=O) groups is 2. The molecule has 41 heavy (non-hydrogen) atoms. The van der Waals surface area contributed by atoms with Crippen molar-refractivity contribution in [2.75, 3.05) is 22.8 Å². The van der Waals surface area contributed by atoms with E-state index in [1.807, 2.05) is 19.1 Å². The van der Waals surface area contributed by atoms with Crippen molar-refractivity contribution in [1.29, 1.82) is 0 Å². The van der Waals surface area contributed by atoms with E-state index in [2.05, 4.69) is 26.1 Å². The molecule has 0 atom stereocenters. The third-order valence-corrected chi connectivity index (χ3v) is 8.26. The molecule has 1 amide bonds. The molecule has 4 aromatic carbocycles. The molecule has 0 saturated carbocycles. The van der Waals surface area contributed by atoms with Gasteiger partial charge < -0.3 is 10.1 Å². The first-order valence-electron chi connectivity index (χ1n) is 13.3. The number of anilines is 2. The van der Waals surface area contributed by atoms with Crippen LogP contribution in [-0.2, 0) is 20.2 Å². The zero-order valence-corrected chi connectivity index (χ0v) is 24.4. The summed E-state index contributed by atoms with van der Waals surface area (Å²) in [6, 6.07) is 28.6. The highest BCUT2D eigenvalue weighted by molar-refractivity contribution is 7.92. The molecule has 0 saturated heterocycles. The van der Waals surface area contributed by atoms with Gasteiger partial charge in [0.2, 0.25) is 5.91 Å². The second kappa shape index (κ2) is 12.4. The van der Waals surface area contributed by atoms with E-state index in [4.69, 9.17) is 4.74 Å². The van der Waals surface area contributed by atoms with E-state index >= 15 is 0 Å². The SMILES string of the molecule is CCOc1ccc(S(=O)(=O)N(CC(=O)Nc2cccc(C(=O)c3ccc(C(C)(C)C)cc3)c2)c2ccccc2)cc1. The van der Waals surface area contributed by atoms with Crippen LogP contribution in [0.4, 0.5) is 11.4 Å².